The number of rotatable bonds is 2. The molecule has 1 aromatic carbocycles. The molecule has 0 atom stereocenters. The van der Waals surface area contributed by atoms with Gasteiger partial charge in [-0.2, -0.15) is 5.26 Å². The molecule has 0 saturated heterocycles. The number of ketones is 1. The van der Waals surface area contributed by atoms with Gasteiger partial charge in [-0.1, -0.05) is 0 Å². The zero-order valence-electron chi connectivity index (χ0n) is 7.72. The summed E-state index contributed by atoms with van der Waals surface area (Å²) in [5.41, 5.74) is -1.21. The molecule has 0 aliphatic rings. The Kier molecular flexibility index (Phi) is 2.67. The average molecular weight is 206 g/mol. The maximum absolute atomic E-state index is 11.1. The smallest absolute Gasteiger partial charge is 0.329 e. The topological polar surface area (TPSA) is 104 Å². The SMILES string of the molecule is CC(=O)c1ccc(O)c([N+](=O)[O-])c1C#N. The van der Waals surface area contributed by atoms with E-state index in [1.165, 1.54) is 13.0 Å². The molecule has 1 aromatic rings. The minimum atomic E-state index is -0.889. The molecule has 0 radical (unpaired) electrons. The third-order valence-corrected chi connectivity index (χ3v) is 1.83. The Morgan fingerprint density at radius 3 is 2.60 bits per heavy atom. The van der Waals surface area contributed by atoms with Crippen LogP contribution in [0.25, 0.3) is 0 Å². The van der Waals surface area contributed by atoms with Crippen LogP contribution in [0.5, 0.6) is 5.75 Å². The fourth-order valence-corrected chi connectivity index (χ4v) is 1.17. The third kappa shape index (κ3) is 1.76. The Labute approximate surface area is 84.5 Å². The molecule has 0 spiro atoms. The van der Waals surface area contributed by atoms with Gasteiger partial charge < -0.3 is 5.11 Å². The molecule has 1 rings (SSSR count). The van der Waals surface area contributed by atoms with Crippen molar-refractivity contribution in [3.63, 3.8) is 0 Å². The van der Waals surface area contributed by atoms with Crippen LogP contribution in [0.3, 0.4) is 0 Å². The summed E-state index contributed by atoms with van der Waals surface area (Å²) in [6, 6.07) is 3.75. The van der Waals surface area contributed by atoms with Gasteiger partial charge in [-0.3, -0.25) is 14.9 Å². The normalized spacial score (nSPS) is 9.33. The van der Waals surface area contributed by atoms with Gasteiger partial charge >= 0.3 is 5.69 Å². The summed E-state index contributed by atoms with van der Waals surface area (Å²) < 4.78 is 0. The number of nitrogens with zero attached hydrogens (tertiary/aromatic N) is 2. The first kappa shape index (κ1) is 10.7. The van der Waals surface area contributed by atoms with Gasteiger partial charge in [0.1, 0.15) is 11.6 Å². The van der Waals surface area contributed by atoms with Gasteiger partial charge in [0.15, 0.2) is 11.5 Å². The molecule has 0 saturated carbocycles. The van der Waals surface area contributed by atoms with E-state index >= 15 is 0 Å². The van der Waals surface area contributed by atoms with Crippen molar-refractivity contribution in [2.24, 2.45) is 0 Å². The molecular formula is C9H6N2O4. The molecule has 76 valence electrons. The predicted molar refractivity (Wildman–Crippen MR) is 49.5 cm³/mol. The minimum Gasteiger partial charge on any atom is -0.502 e. The zero-order chi connectivity index (χ0) is 11.6. The molecule has 0 bridgehead atoms. The number of aromatic hydroxyl groups is 1. The molecule has 0 amide bonds. The van der Waals surface area contributed by atoms with Crippen molar-refractivity contribution in [3.05, 3.63) is 33.4 Å². The molecule has 1 N–H and O–H groups in total. The summed E-state index contributed by atoms with van der Waals surface area (Å²) >= 11 is 0. The second-order valence-electron chi connectivity index (χ2n) is 2.78. The summed E-state index contributed by atoms with van der Waals surface area (Å²) in [5, 5.41) is 28.5. The lowest BCUT2D eigenvalue weighted by Gasteiger charge is -2.01. The van der Waals surface area contributed by atoms with Crippen LogP contribution in [0.4, 0.5) is 5.69 Å². The first-order valence-corrected chi connectivity index (χ1v) is 3.90. The average Bonchev–Trinajstić information content (AvgIpc) is 2.15. The van der Waals surface area contributed by atoms with Crippen molar-refractivity contribution in [2.75, 3.05) is 0 Å². The van der Waals surface area contributed by atoms with E-state index in [0.29, 0.717) is 0 Å². The van der Waals surface area contributed by atoms with Gasteiger partial charge in [-0.15, -0.1) is 0 Å². The molecule has 0 aliphatic heterocycles. The fourth-order valence-electron chi connectivity index (χ4n) is 1.17. The number of carbonyl (C=O) groups is 1. The van der Waals surface area contributed by atoms with Crippen LogP contribution in [0.1, 0.15) is 22.8 Å². The van der Waals surface area contributed by atoms with E-state index in [1.807, 2.05) is 0 Å². The van der Waals surface area contributed by atoms with Crippen LogP contribution in [-0.4, -0.2) is 15.8 Å². The summed E-state index contributed by atoms with van der Waals surface area (Å²) in [6.07, 6.45) is 0. The Hall–Kier alpha value is -2.42. The Bertz CT molecular complexity index is 488. The number of hydrogen-bond acceptors (Lipinski definition) is 5. The standard InChI is InChI=1S/C9H6N2O4/c1-5(12)6-2-3-8(13)9(11(14)15)7(6)4-10/h2-3,13H,1H3. The summed E-state index contributed by atoms with van der Waals surface area (Å²) in [4.78, 5) is 20.7. The maximum atomic E-state index is 11.1. The van der Waals surface area contributed by atoms with E-state index in [0.717, 1.165) is 6.07 Å². The highest BCUT2D eigenvalue weighted by atomic mass is 16.6. The lowest BCUT2D eigenvalue weighted by atomic mass is 10.0. The van der Waals surface area contributed by atoms with E-state index in [1.54, 1.807) is 6.07 Å². The summed E-state index contributed by atoms with van der Waals surface area (Å²) in [7, 11) is 0. The lowest BCUT2D eigenvalue weighted by molar-refractivity contribution is -0.386. The second-order valence-corrected chi connectivity index (χ2v) is 2.78. The number of nitriles is 1. The van der Waals surface area contributed by atoms with E-state index in [9.17, 15) is 20.0 Å². The molecule has 0 aromatic heterocycles. The zero-order valence-corrected chi connectivity index (χ0v) is 7.72. The monoisotopic (exact) mass is 206 g/mol. The van der Waals surface area contributed by atoms with Crippen LogP contribution in [-0.2, 0) is 0 Å². The molecule has 0 aliphatic carbocycles. The minimum absolute atomic E-state index is 0.0676. The molecule has 6 nitrogen and oxygen atoms in total. The van der Waals surface area contributed by atoms with Crippen molar-refractivity contribution in [1.82, 2.24) is 0 Å². The number of hydrogen-bond donors (Lipinski definition) is 1. The number of Topliss-reactive ketones (excluding diaryl/α,β-unsaturated/α-hetero) is 1. The van der Waals surface area contributed by atoms with E-state index in [-0.39, 0.29) is 5.56 Å². The summed E-state index contributed by atoms with van der Waals surface area (Å²) in [5.74, 6) is -1.09. The van der Waals surface area contributed by atoms with E-state index < -0.39 is 27.7 Å². The van der Waals surface area contributed by atoms with Gasteiger partial charge in [-0.05, 0) is 19.1 Å². The van der Waals surface area contributed by atoms with E-state index in [2.05, 4.69) is 0 Å². The molecule has 15 heavy (non-hydrogen) atoms. The quantitative estimate of drug-likeness (QED) is 0.447. The van der Waals surface area contributed by atoms with Gasteiger partial charge in [-0.25, -0.2) is 0 Å². The molecule has 6 heteroatoms. The maximum Gasteiger partial charge on any atom is 0.329 e. The van der Waals surface area contributed by atoms with Gasteiger partial charge in [0, 0.05) is 5.56 Å². The number of nitro benzene ring substituents is 1. The van der Waals surface area contributed by atoms with Gasteiger partial charge in [0.05, 0.1) is 4.92 Å². The highest BCUT2D eigenvalue weighted by Crippen LogP contribution is 2.31. The van der Waals surface area contributed by atoms with Crippen LogP contribution in [0.2, 0.25) is 0 Å². The van der Waals surface area contributed by atoms with Crippen molar-refractivity contribution in [1.29, 1.82) is 5.26 Å². The third-order valence-electron chi connectivity index (χ3n) is 1.83. The molecule has 0 unspecified atom stereocenters. The largest absolute Gasteiger partial charge is 0.502 e. The van der Waals surface area contributed by atoms with E-state index in [4.69, 9.17) is 5.26 Å². The molecular weight excluding hydrogens is 200 g/mol. The van der Waals surface area contributed by atoms with Crippen LogP contribution in [0.15, 0.2) is 12.1 Å². The van der Waals surface area contributed by atoms with Crippen molar-refractivity contribution >= 4 is 11.5 Å². The van der Waals surface area contributed by atoms with Crippen LogP contribution in [0, 0.1) is 21.4 Å². The number of carbonyl (C=O) groups excluding carboxylic acids is 1. The fraction of sp³-hybridized carbons (Fsp3) is 0.111. The summed E-state index contributed by atoms with van der Waals surface area (Å²) in [6.45, 7) is 1.19. The Balaban J connectivity index is 3.64. The number of benzene rings is 1. The van der Waals surface area contributed by atoms with Crippen LogP contribution >= 0.6 is 0 Å². The number of phenols is 1. The Morgan fingerprint density at radius 1 is 1.60 bits per heavy atom. The number of nitro groups is 1. The highest BCUT2D eigenvalue weighted by Gasteiger charge is 2.24. The lowest BCUT2D eigenvalue weighted by Crippen LogP contribution is -2.01. The number of phenolic OH excluding ortho intramolecular Hbond substituents is 1. The predicted octanol–water partition coefficient (Wildman–Crippen LogP) is 1.37. The highest BCUT2D eigenvalue weighted by molar-refractivity contribution is 5.98. The molecule has 0 fully saturated rings. The Morgan fingerprint density at radius 2 is 2.20 bits per heavy atom. The van der Waals surface area contributed by atoms with Crippen molar-refractivity contribution in [2.45, 2.75) is 6.92 Å². The first-order chi connectivity index (χ1) is 6.99. The molecule has 0 heterocycles. The van der Waals surface area contributed by atoms with Crippen molar-refractivity contribution < 1.29 is 14.8 Å². The van der Waals surface area contributed by atoms with Crippen LogP contribution < -0.4 is 0 Å². The second kappa shape index (κ2) is 3.75. The first-order valence-electron chi connectivity index (χ1n) is 3.90. The van der Waals surface area contributed by atoms with Crippen molar-refractivity contribution in [3.8, 4) is 11.8 Å². The van der Waals surface area contributed by atoms with Gasteiger partial charge in [0.25, 0.3) is 0 Å². The van der Waals surface area contributed by atoms with Gasteiger partial charge in [0.2, 0.25) is 0 Å².